The monoisotopic (exact) mass is 268 g/mol. The Labute approximate surface area is 118 Å². The standard InChI is InChI=1S/C16H32N2O/c1-15(2)13(12-14(15)19-4)18-11-10-16(17-3)8-6-5-7-9-16/h13-14,17-18H,5-12H2,1-4H3. The van der Waals surface area contributed by atoms with Crippen LogP contribution >= 0.6 is 0 Å². The normalized spacial score (nSPS) is 32.8. The first-order valence-corrected chi connectivity index (χ1v) is 7.99. The molecule has 2 aliphatic carbocycles. The van der Waals surface area contributed by atoms with Crippen LogP contribution in [-0.4, -0.2) is 38.4 Å². The molecule has 0 radical (unpaired) electrons. The molecule has 112 valence electrons. The van der Waals surface area contributed by atoms with Gasteiger partial charge in [-0.15, -0.1) is 0 Å². The van der Waals surface area contributed by atoms with Crippen molar-refractivity contribution in [1.29, 1.82) is 0 Å². The highest BCUT2D eigenvalue weighted by Crippen LogP contribution is 2.42. The largest absolute Gasteiger partial charge is 0.381 e. The van der Waals surface area contributed by atoms with Crippen LogP contribution in [0.15, 0.2) is 0 Å². The summed E-state index contributed by atoms with van der Waals surface area (Å²) >= 11 is 0. The Morgan fingerprint density at radius 3 is 2.37 bits per heavy atom. The van der Waals surface area contributed by atoms with Crippen molar-refractivity contribution in [1.82, 2.24) is 10.6 Å². The van der Waals surface area contributed by atoms with Gasteiger partial charge >= 0.3 is 0 Å². The maximum absolute atomic E-state index is 5.52. The van der Waals surface area contributed by atoms with Crippen molar-refractivity contribution in [3.8, 4) is 0 Å². The molecule has 0 heterocycles. The molecule has 0 aromatic rings. The third-order valence-electron chi connectivity index (χ3n) is 5.80. The lowest BCUT2D eigenvalue weighted by atomic mass is 9.64. The Kier molecular flexibility index (Phi) is 4.91. The van der Waals surface area contributed by atoms with Gasteiger partial charge in [-0.1, -0.05) is 33.1 Å². The Bertz CT molecular complexity index is 284. The molecule has 2 saturated carbocycles. The molecule has 2 N–H and O–H groups in total. The van der Waals surface area contributed by atoms with Gasteiger partial charge in [-0.3, -0.25) is 0 Å². The summed E-state index contributed by atoms with van der Waals surface area (Å²) in [5.74, 6) is 0. The van der Waals surface area contributed by atoms with E-state index in [-0.39, 0.29) is 5.41 Å². The van der Waals surface area contributed by atoms with E-state index in [2.05, 4.69) is 31.5 Å². The summed E-state index contributed by atoms with van der Waals surface area (Å²) < 4.78 is 5.52. The minimum Gasteiger partial charge on any atom is -0.381 e. The first-order valence-electron chi connectivity index (χ1n) is 7.99. The molecule has 3 nitrogen and oxygen atoms in total. The third-order valence-corrected chi connectivity index (χ3v) is 5.80. The lowest BCUT2D eigenvalue weighted by Crippen LogP contribution is -2.61. The van der Waals surface area contributed by atoms with E-state index in [1.54, 1.807) is 0 Å². The summed E-state index contributed by atoms with van der Waals surface area (Å²) in [7, 11) is 3.97. The van der Waals surface area contributed by atoms with Crippen LogP contribution in [0.25, 0.3) is 0 Å². The maximum atomic E-state index is 5.52. The average molecular weight is 268 g/mol. The average Bonchev–Trinajstić information content (AvgIpc) is 2.43. The van der Waals surface area contributed by atoms with Crippen molar-refractivity contribution < 1.29 is 4.74 Å². The summed E-state index contributed by atoms with van der Waals surface area (Å²) in [6.45, 7) is 5.76. The van der Waals surface area contributed by atoms with Gasteiger partial charge in [0.1, 0.15) is 0 Å². The first kappa shape index (κ1) is 15.3. The molecule has 0 amide bonds. The van der Waals surface area contributed by atoms with E-state index in [4.69, 9.17) is 4.74 Å². The number of nitrogens with one attached hydrogen (secondary N) is 2. The van der Waals surface area contributed by atoms with Crippen molar-refractivity contribution in [2.45, 2.75) is 76.5 Å². The second-order valence-corrected chi connectivity index (χ2v) is 7.13. The molecule has 0 aliphatic heterocycles. The smallest absolute Gasteiger partial charge is 0.0652 e. The van der Waals surface area contributed by atoms with Gasteiger partial charge < -0.3 is 15.4 Å². The molecule has 0 saturated heterocycles. The first-order chi connectivity index (χ1) is 9.04. The van der Waals surface area contributed by atoms with Gasteiger partial charge in [0.2, 0.25) is 0 Å². The van der Waals surface area contributed by atoms with Crippen LogP contribution < -0.4 is 10.6 Å². The van der Waals surface area contributed by atoms with Gasteiger partial charge in [0, 0.05) is 24.1 Å². The van der Waals surface area contributed by atoms with Crippen LogP contribution in [0.1, 0.15) is 58.8 Å². The Balaban J connectivity index is 1.74. The molecule has 2 unspecified atom stereocenters. The molecule has 2 rings (SSSR count). The summed E-state index contributed by atoms with van der Waals surface area (Å²) in [5.41, 5.74) is 0.688. The molecule has 0 bridgehead atoms. The van der Waals surface area contributed by atoms with Crippen LogP contribution in [0.5, 0.6) is 0 Å². The zero-order chi connectivity index (χ0) is 13.9. The molecule has 0 aromatic carbocycles. The molecule has 2 atom stereocenters. The summed E-state index contributed by atoms with van der Waals surface area (Å²) in [5, 5.41) is 7.36. The predicted molar refractivity (Wildman–Crippen MR) is 80.5 cm³/mol. The Hall–Kier alpha value is -0.120. The molecular weight excluding hydrogens is 236 g/mol. The van der Waals surface area contributed by atoms with Crippen molar-refractivity contribution in [3.63, 3.8) is 0 Å². The molecule has 2 fully saturated rings. The van der Waals surface area contributed by atoms with Crippen molar-refractivity contribution in [2.24, 2.45) is 5.41 Å². The lowest BCUT2D eigenvalue weighted by Gasteiger charge is -2.52. The van der Waals surface area contributed by atoms with E-state index in [9.17, 15) is 0 Å². The van der Waals surface area contributed by atoms with Crippen LogP contribution in [0.2, 0.25) is 0 Å². The minimum absolute atomic E-state index is 0.286. The summed E-state index contributed by atoms with van der Waals surface area (Å²) in [6.07, 6.45) is 9.74. The number of ether oxygens (including phenoxy) is 1. The fourth-order valence-electron chi connectivity index (χ4n) is 3.97. The van der Waals surface area contributed by atoms with Crippen molar-refractivity contribution >= 4 is 0 Å². The van der Waals surface area contributed by atoms with Gasteiger partial charge in [0.25, 0.3) is 0 Å². The second kappa shape index (κ2) is 6.11. The number of rotatable bonds is 6. The summed E-state index contributed by atoms with van der Waals surface area (Å²) in [4.78, 5) is 0. The zero-order valence-corrected chi connectivity index (χ0v) is 13.2. The van der Waals surface area contributed by atoms with Crippen LogP contribution in [-0.2, 0) is 4.74 Å². The maximum Gasteiger partial charge on any atom is 0.0652 e. The van der Waals surface area contributed by atoms with E-state index in [0.717, 1.165) is 13.0 Å². The van der Waals surface area contributed by atoms with Crippen LogP contribution in [0.4, 0.5) is 0 Å². The number of hydrogen-bond acceptors (Lipinski definition) is 3. The SMILES string of the molecule is CNC1(CCNC2CC(OC)C2(C)C)CCCCC1. The van der Waals surface area contributed by atoms with Gasteiger partial charge in [0.05, 0.1) is 6.10 Å². The second-order valence-electron chi connectivity index (χ2n) is 7.13. The molecule has 0 aromatic heterocycles. The van der Waals surface area contributed by atoms with Crippen molar-refractivity contribution in [2.75, 3.05) is 20.7 Å². The topological polar surface area (TPSA) is 33.3 Å². The van der Waals surface area contributed by atoms with E-state index in [0.29, 0.717) is 17.7 Å². The number of methoxy groups -OCH3 is 1. The Morgan fingerprint density at radius 1 is 1.16 bits per heavy atom. The highest BCUT2D eigenvalue weighted by Gasteiger charge is 2.48. The van der Waals surface area contributed by atoms with Crippen LogP contribution in [0, 0.1) is 5.41 Å². The van der Waals surface area contributed by atoms with E-state index in [1.165, 1.54) is 38.5 Å². The summed E-state index contributed by atoms with van der Waals surface area (Å²) in [6, 6.07) is 0.620. The number of hydrogen-bond donors (Lipinski definition) is 2. The van der Waals surface area contributed by atoms with E-state index >= 15 is 0 Å². The quantitative estimate of drug-likeness (QED) is 0.777. The van der Waals surface area contributed by atoms with Crippen LogP contribution in [0.3, 0.4) is 0 Å². The van der Waals surface area contributed by atoms with Gasteiger partial charge in [-0.25, -0.2) is 0 Å². The lowest BCUT2D eigenvalue weighted by molar-refractivity contribution is -0.0976. The zero-order valence-electron chi connectivity index (χ0n) is 13.2. The highest BCUT2D eigenvalue weighted by atomic mass is 16.5. The van der Waals surface area contributed by atoms with Gasteiger partial charge in [-0.2, -0.15) is 0 Å². The van der Waals surface area contributed by atoms with E-state index in [1.807, 2.05) is 7.11 Å². The minimum atomic E-state index is 0.286. The fourth-order valence-corrected chi connectivity index (χ4v) is 3.97. The molecule has 19 heavy (non-hydrogen) atoms. The fraction of sp³-hybridized carbons (Fsp3) is 1.00. The van der Waals surface area contributed by atoms with Gasteiger partial charge in [-0.05, 0) is 39.3 Å². The molecular formula is C16H32N2O. The van der Waals surface area contributed by atoms with E-state index < -0.39 is 0 Å². The van der Waals surface area contributed by atoms with Crippen molar-refractivity contribution in [3.05, 3.63) is 0 Å². The predicted octanol–water partition coefficient (Wildman–Crippen LogP) is 2.70. The molecule has 0 spiro atoms. The highest BCUT2D eigenvalue weighted by molar-refractivity contribution is 5.03. The van der Waals surface area contributed by atoms with Gasteiger partial charge in [0.15, 0.2) is 0 Å². The third kappa shape index (κ3) is 3.14. The Morgan fingerprint density at radius 2 is 1.84 bits per heavy atom. The molecule has 3 heteroatoms. The molecule has 2 aliphatic rings.